The number of carboxylic acid groups (broad SMARTS) is 1. The second-order valence-corrected chi connectivity index (χ2v) is 4.39. The highest BCUT2D eigenvalue weighted by molar-refractivity contribution is 9.10. The predicted octanol–water partition coefficient (Wildman–Crippen LogP) is 3.43. The van der Waals surface area contributed by atoms with Crippen LogP contribution in [0.5, 0.6) is 0 Å². The number of hydrogen-bond donors (Lipinski definition) is 2. The van der Waals surface area contributed by atoms with Gasteiger partial charge in [-0.05, 0) is 24.3 Å². The molecule has 2 rings (SSSR count). The molecule has 1 heterocycles. The third-order valence-electron chi connectivity index (χ3n) is 2.25. The van der Waals surface area contributed by atoms with Gasteiger partial charge in [-0.3, -0.25) is 4.98 Å². The van der Waals surface area contributed by atoms with Gasteiger partial charge in [0.1, 0.15) is 5.82 Å². The van der Waals surface area contributed by atoms with Crippen molar-refractivity contribution in [2.45, 2.75) is 0 Å². The molecule has 92 valence electrons. The van der Waals surface area contributed by atoms with Crippen LogP contribution in [0.25, 0.3) is 0 Å². The van der Waals surface area contributed by atoms with Crippen molar-refractivity contribution in [2.75, 3.05) is 5.32 Å². The van der Waals surface area contributed by atoms with Crippen molar-refractivity contribution >= 4 is 33.3 Å². The fraction of sp³-hybridized carbons (Fsp3) is 0. The molecule has 0 spiro atoms. The van der Waals surface area contributed by atoms with E-state index in [4.69, 9.17) is 5.11 Å². The summed E-state index contributed by atoms with van der Waals surface area (Å²) in [7, 11) is 0. The number of aromatic nitrogens is 1. The van der Waals surface area contributed by atoms with Crippen molar-refractivity contribution < 1.29 is 14.3 Å². The Labute approximate surface area is 111 Å². The van der Waals surface area contributed by atoms with E-state index in [1.807, 2.05) is 0 Å². The Morgan fingerprint density at radius 3 is 2.78 bits per heavy atom. The minimum absolute atomic E-state index is 0.0346. The fourth-order valence-electron chi connectivity index (χ4n) is 1.42. The highest BCUT2D eigenvalue weighted by Gasteiger charge is 2.11. The SMILES string of the molecule is O=C(O)c1ccncc1Nc1ccc(Br)cc1F. The molecule has 18 heavy (non-hydrogen) atoms. The summed E-state index contributed by atoms with van der Waals surface area (Å²) < 4.78 is 14.2. The minimum Gasteiger partial charge on any atom is -0.478 e. The number of pyridine rings is 1. The molecule has 0 unspecified atom stereocenters. The summed E-state index contributed by atoms with van der Waals surface area (Å²) in [5.41, 5.74) is 0.465. The van der Waals surface area contributed by atoms with Crippen LogP contribution in [0.3, 0.4) is 0 Å². The van der Waals surface area contributed by atoms with Crippen LogP contribution in [0.15, 0.2) is 41.1 Å². The van der Waals surface area contributed by atoms with Gasteiger partial charge < -0.3 is 10.4 Å². The maximum absolute atomic E-state index is 13.6. The standard InChI is InChI=1S/C12H8BrFN2O2/c13-7-1-2-10(9(14)5-7)16-11-6-15-4-3-8(11)12(17)18/h1-6,16H,(H,17,18). The lowest BCUT2D eigenvalue weighted by Gasteiger charge is -2.09. The Hall–Kier alpha value is -1.95. The van der Waals surface area contributed by atoms with Gasteiger partial charge in [0.25, 0.3) is 0 Å². The molecule has 0 aliphatic carbocycles. The number of hydrogen-bond acceptors (Lipinski definition) is 3. The first-order chi connectivity index (χ1) is 8.58. The van der Waals surface area contributed by atoms with Crippen LogP contribution in [0.2, 0.25) is 0 Å². The first-order valence-corrected chi connectivity index (χ1v) is 5.76. The van der Waals surface area contributed by atoms with Crippen LogP contribution in [0.1, 0.15) is 10.4 Å². The van der Waals surface area contributed by atoms with Crippen LogP contribution in [-0.2, 0) is 0 Å². The number of carbonyl (C=O) groups is 1. The maximum atomic E-state index is 13.6. The Balaban J connectivity index is 2.37. The number of nitrogens with zero attached hydrogens (tertiary/aromatic N) is 1. The zero-order chi connectivity index (χ0) is 13.1. The van der Waals surface area contributed by atoms with E-state index in [0.29, 0.717) is 4.47 Å². The second-order valence-electron chi connectivity index (χ2n) is 3.48. The van der Waals surface area contributed by atoms with Crippen molar-refractivity contribution in [3.05, 3.63) is 52.5 Å². The Morgan fingerprint density at radius 2 is 2.11 bits per heavy atom. The van der Waals surface area contributed by atoms with Crippen molar-refractivity contribution in [3.63, 3.8) is 0 Å². The van der Waals surface area contributed by atoms with Crippen LogP contribution >= 0.6 is 15.9 Å². The van der Waals surface area contributed by atoms with E-state index >= 15 is 0 Å². The lowest BCUT2D eigenvalue weighted by Crippen LogP contribution is -2.04. The van der Waals surface area contributed by atoms with Gasteiger partial charge in [-0.15, -0.1) is 0 Å². The smallest absolute Gasteiger partial charge is 0.337 e. The third-order valence-corrected chi connectivity index (χ3v) is 2.75. The molecule has 1 aromatic heterocycles. The van der Waals surface area contributed by atoms with E-state index in [1.165, 1.54) is 30.6 Å². The normalized spacial score (nSPS) is 10.1. The van der Waals surface area contributed by atoms with Crippen molar-refractivity contribution in [1.29, 1.82) is 0 Å². The van der Waals surface area contributed by atoms with Crippen LogP contribution in [-0.4, -0.2) is 16.1 Å². The number of benzene rings is 1. The molecule has 4 nitrogen and oxygen atoms in total. The molecule has 0 aliphatic rings. The Morgan fingerprint density at radius 1 is 1.33 bits per heavy atom. The van der Waals surface area contributed by atoms with E-state index in [-0.39, 0.29) is 16.9 Å². The van der Waals surface area contributed by atoms with E-state index < -0.39 is 11.8 Å². The largest absolute Gasteiger partial charge is 0.478 e. The monoisotopic (exact) mass is 310 g/mol. The van der Waals surface area contributed by atoms with Crippen molar-refractivity contribution in [1.82, 2.24) is 4.98 Å². The molecule has 0 fully saturated rings. The molecular formula is C12H8BrFN2O2. The topological polar surface area (TPSA) is 62.2 Å². The number of aromatic carboxylic acids is 1. The summed E-state index contributed by atoms with van der Waals surface area (Å²) in [5.74, 6) is -1.58. The van der Waals surface area contributed by atoms with Gasteiger partial charge in [-0.25, -0.2) is 9.18 Å². The van der Waals surface area contributed by atoms with Crippen molar-refractivity contribution in [3.8, 4) is 0 Å². The van der Waals surface area contributed by atoms with Crippen LogP contribution in [0.4, 0.5) is 15.8 Å². The molecule has 0 saturated carbocycles. The fourth-order valence-corrected chi connectivity index (χ4v) is 1.75. The van der Waals surface area contributed by atoms with Gasteiger partial charge in [0.15, 0.2) is 0 Å². The van der Waals surface area contributed by atoms with Gasteiger partial charge in [0, 0.05) is 10.7 Å². The summed E-state index contributed by atoms with van der Waals surface area (Å²) in [6.45, 7) is 0. The molecule has 0 radical (unpaired) electrons. The molecule has 6 heteroatoms. The zero-order valence-electron chi connectivity index (χ0n) is 9.02. The van der Waals surface area contributed by atoms with Gasteiger partial charge in [-0.2, -0.15) is 0 Å². The summed E-state index contributed by atoms with van der Waals surface area (Å²) in [6, 6.07) is 5.81. The number of nitrogens with one attached hydrogen (secondary N) is 1. The van der Waals surface area contributed by atoms with E-state index in [9.17, 15) is 9.18 Å². The third kappa shape index (κ3) is 2.65. The highest BCUT2D eigenvalue weighted by atomic mass is 79.9. The average Bonchev–Trinajstić information content (AvgIpc) is 2.33. The zero-order valence-corrected chi connectivity index (χ0v) is 10.6. The second kappa shape index (κ2) is 5.14. The van der Waals surface area contributed by atoms with Gasteiger partial charge in [0.05, 0.1) is 23.1 Å². The summed E-state index contributed by atoms with van der Waals surface area (Å²) >= 11 is 3.15. The number of anilines is 2. The van der Waals surface area contributed by atoms with Crippen molar-refractivity contribution in [2.24, 2.45) is 0 Å². The van der Waals surface area contributed by atoms with Gasteiger partial charge in [-0.1, -0.05) is 15.9 Å². The number of rotatable bonds is 3. The Kier molecular flexibility index (Phi) is 3.57. The lowest BCUT2D eigenvalue weighted by atomic mass is 10.2. The molecule has 1 aromatic carbocycles. The first kappa shape index (κ1) is 12.5. The molecule has 0 aliphatic heterocycles. The average molecular weight is 311 g/mol. The quantitative estimate of drug-likeness (QED) is 0.911. The summed E-state index contributed by atoms with van der Waals surface area (Å²) in [4.78, 5) is 14.8. The van der Waals surface area contributed by atoms with E-state index in [0.717, 1.165) is 0 Å². The molecule has 2 aromatic rings. The first-order valence-electron chi connectivity index (χ1n) is 4.97. The molecular weight excluding hydrogens is 303 g/mol. The number of carboxylic acids is 1. The van der Waals surface area contributed by atoms with E-state index in [1.54, 1.807) is 6.07 Å². The van der Waals surface area contributed by atoms with Crippen LogP contribution in [0, 0.1) is 5.82 Å². The summed E-state index contributed by atoms with van der Waals surface area (Å²) in [5, 5.41) is 11.7. The van der Waals surface area contributed by atoms with E-state index in [2.05, 4.69) is 26.2 Å². The van der Waals surface area contributed by atoms with Gasteiger partial charge >= 0.3 is 5.97 Å². The molecule has 0 saturated heterocycles. The van der Waals surface area contributed by atoms with Gasteiger partial charge in [0.2, 0.25) is 0 Å². The lowest BCUT2D eigenvalue weighted by molar-refractivity contribution is 0.0698. The molecule has 0 bridgehead atoms. The molecule has 2 N–H and O–H groups in total. The Bertz CT molecular complexity index is 604. The van der Waals surface area contributed by atoms with Crippen LogP contribution < -0.4 is 5.32 Å². The molecule has 0 atom stereocenters. The predicted molar refractivity (Wildman–Crippen MR) is 68.6 cm³/mol. The summed E-state index contributed by atoms with van der Waals surface area (Å²) in [6.07, 6.45) is 2.71. The highest BCUT2D eigenvalue weighted by Crippen LogP contribution is 2.24. The molecule has 0 amide bonds. The number of halogens is 2. The minimum atomic E-state index is -1.10. The maximum Gasteiger partial charge on any atom is 0.337 e.